The normalized spacial score (nSPS) is 12.2. The van der Waals surface area contributed by atoms with E-state index in [0.29, 0.717) is 35.2 Å². The minimum absolute atomic E-state index is 0.480. The molecule has 0 aromatic heterocycles. The Kier molecular flexibility index (Phi) is 16.1. The second-order valence-electron chi connectivity index (χ2n) is 8.08. The van der Waals surface area contributed by atoms with Crippen molar-refractivity contribution in [2.24, 2.45) is 0 Å². The number of carboxylic acids is 2. The number of aliphatic hydroxyl groups excluding tert-OH is 2. The molecule has 2 aromatic carbocycles. The van der Waals surface area contributed by atoms with E-state index in [4.69, 9.17) is 43.0 Å². The predicted molar refractivity (Wildman–Crippen MR) is 127 cm³/mol. The second-order valence-corrected chi connectivity index (χ2v) is 8.89. The molecule has 0 heterocycles. The summed E-state index contributed by atoms with van der Waals surface area (Å²) in [5, 5.41) is 43.0. The monoisotopic (exact) mass is 516 g/mol. The number of aliphatic hydroxyl groups is 2. The van der Waals surface area contributed by atoms with Crippen LogP contribution in [0.3, 0.4) is 0 Å². The first kappa shape index (κ1) is 31.8. The first-order chi connectivity index (χ1) is 15.9. The summed E-state index contributed by atoms with van der Waals surface area (Å²) in [6.45, 7) is 9.69. The molecule has 0 unspecified atom stereocenters. The lowest BCUT2D eigenvalue weighted by Crippen LogP contribution is -2.89. The molecule has 2 aromatic rings. The lowest BCUT2D eigenvalue weighted by atomic mass is 10.1. The Balaban J connectivity index is 0.000000521. The van der Waals surface area contributed by atoms with E-state index in [9.17, 15) is 10.2 Å². The Hall–Kier alpha value is -2.20. The first-order valence-corrected chi connectivity index (χ1v) is 11.6. The van der Waals surface area contributed by atoms with Crippen LogP contribution in [-0.2, 0) is 9.59 Å². The van der Waals surface area contributed by atoms with Gasteiger partial charge in [0.05, 0.1) is 24.0 Å². The van der Waals surface area contributed by atoms with E-state index in [1.54, 1.807) is 12.1 Å². The molecule has 0 aliphatic rings. The molecule has 0 saturated carbocycles. The fourth-order valence-electron chi connectivity index (χ4n) is 2.55. The van der Waals surface area contributed by atoms with Gasteiger partial charge in [-0.2, -0.15) is 0 Å². The lowest BCUT2D eigenvalue weighted by Gasteiger charge is -2.12. The molecular weight excluding hydrogens is 483 g/mol. The average molecular weight is 517 g/mol. The molecule has 0 fully saturated rings. The molecule has 34 heavy (non-hydrogen) atoms. The summed E-state index contributed by atoms with van der Waals surface area (Å²) in [5.41, 5.74) is 1.62. The third-order valence-corrected chi connectivity index (χ3v) is 5.05. The van der Waals surface area contributed by atoms with Gasteiger partial charge >= 0.3 is 0 Å². The van der Waals surface area contributed by atoms with Gasteiger partial charge in [-0.15, -0.1) is 0 Å². The highest BCUT2D eigenvalue weighted by molar-refractivity contribution is 6.31. The number of rotatable bonds is 8. The number of hydrogen-bond acceptors (Lipinski definition) is 6. The molecule has 0 aliphatic heterocycles. The number of quaternary nitrogens is 2. The number of carbonyl (C=O) groups excluding carboxylic acids is 2. The number of aliphatic carboxylic acids is 2. The second kappa shape index (κ2) is 17.3. The molecule has 0 spiro atoms. The summed E-state index contributed by atoms with van der Waals surface area (Å²) >= 11 is 11.9. The zero-order valence-electron chi connectivity index (χ0n) is 19.8. The van der Waals surface area contributed by atoms with Crippen LogP contribution in [0.5, 0.6) is 0 Å². The fraction of sp³-hybridized carbons (Fsp3) is 0.417. The summed E-state index contributed by atoms with van der Waals surface area (Å²) < 4.78 is 0. The molecule has 2 atom stereocenters. The first-order valence-electron chi connectivity index (χ1n) is 10.8. The maximum Gasteiger partial charge on any atom is 0.129 e. The third-order valence-electron chi connectivity index (χ3n) is 4.36. The van der Waals surface area contributed by atoms with Crippen molar-refractivity contribution < 1.29 is 40.6 Å². The fourth-order valence-corrected chi connectivity index (χ4v) is 3.07. The van der Waals surface area contributed by atoms with Crippen LogP contribution in [0, 0.1) is 0 Å². The quantitative estimate of drug-likeness (QED) is 0.336. The Bertz CT molecular complexity index is 809. The van der Waals surface area contributed by atoms with Crippen LogP contribution < -0.4 is 20.8 Å². The molecule has 190 valence electrons. The molecule has 8 nitrogen and oxygen atoms in total. The molecule has 0 aliphatic carbocycles. The molecule has 0 saturated heterocycles. The van der Waals surface area contributed by atoms with Gasteiger partial charge in [0, 0.05) is 21.2 Å². The van der Waals surface area contributed by atoms with Crippen molar-refractivity contribution in [1.29, 1.82) is 0 Å². The summed E-state index contributed by atoms with van der Waals surface area (Å²) in [4.78, 5) is 17.9. The smallest absolute Gasteiger partial charge is 0.129 e. The maximum atomic E-state index is 9.83. The molecule has 10 heteroatoms. The topological polar surface area (TPSA) is 154 Å². The van der Waals surface area contributed by atoms with Crippen LogP contribution in [0.15, 0.2) is 48.5 Å². The van der Waals surface area contributed by atoms with Crippen molar-refractivity contribution in [2.45, 2.75) is 52.0 Å². The van der Waals surface area contributed by atoms with Gasteiger partial charge in [0.25, 0.3) is 0 Å². The highest BCUT2D eigenvalue weighted by Gasteiger charge is 2.14. The van der Waals surface area contributed by atoms with E-state index in [-0.39, 0.29) is 0 Å². The Morgan fingerprint density at radius 3 is 1.26 bits per heavy atom. The van der Waals surface area contributed by atoms with Crippen LogP contribution in [0.25, 0.3) is 0 Å². The van der Waals surface area contributed by atoms with Crippen LogP contribution in [0.2, 0.25) is 10.0 Å². The van der Waals surface area contributed by atoms with Gasteiger partial charge in [0.15, 0.2) is 0 Å². The molecule has 0 amide bonds. The zero-order valence-corrected chi connectivity index (χ0v) is 21.3. The number of nitrogens with two attached hydrogens (primary N) is 2. The van der Waals surface area contributed by atoms with Gasteiger partial charge < -0.3 is 40.6 Å². The van der Waals surface area contributed by atoms with Gasteiger partial charge in [-0.25, -0.2) is 0 Å². The lowest BCUT2D eigenvalue weighted by molar-refractivity contribution is -0.689. The van der Waals surface area contributed by atoms with Gasteiger partial charge in [0.2, 0.25) is 0 Å². The van der Waals surface area contributed by atoms with Crippen molar-refractivity contribution >= 4 is 35.1 Å². The summed E-state index contributed by atoms with van der Waals surface area (Å²) in [5.74, 6) is -4.37. The van der Waals surface area contributed by atoms with Crippen LogP contribution in [0.1, 0.15) is 51.0 Å². The van der Waals surface area contributed by atoms with Crippen molar-refractivity contribution in [3.63, 3.8) is 0 Å². The van der Waals surface area contributed by atoms with Gasteiger partial charge in [-0.05, 0) is 39.8 Å². The SMILES string of the molecule is CC(C)[NH2+]C[C@@H](O)c1ccccc1Cl.CC(C)[NH2+]C[C@H](O)c1ccccc1Cl.O=C([O-])C(=O)[O-]. The standard InChI is InChI=1S/2C11H16ClNO.C2H2O4/c2*1-8(2)13-7-11(14)9-5-3-4-6-10(9)12;3-1(4)2(5)6/h2*3-6,8,11,13-14H,7H2,1-2H3;(H,3,4)(H,5,6)/t2*11-;/m10./s1. The highest BCUT2D eigenvalue weighted by Crippen LogP contribution is 2.21. The van der Waals surface area contributed by atoms with E-state index in [1.807, 2.05) is 36.4 Å². The zero-order chi connectivity index (χ0) is 26.3. The number of carboxylic acid groups (broad SMARTS) is 2. The van der Waals surface area contributed by atoms with Crippen LogP contribution in [0.4, 0.5) is 0 Å². The van der Waals surface area contributed by atoms with E-state index in [0.717, 1.165) is 11.1 Å². The van der Waals surface area contributed by atoms with Crippen molar-refractivity contribution in [3.05, 3.63) is 69.7 Å². The van der Waals surface area contributed by atoms with E-state index in [2.05, 4.69) is 38.3 Å². The van der Waals surface area contributed by atoms with E-state index in [1.165, 1.54) is 0 Å². The highest BCUT2D eigenvalue weighted by atomic mass is 35.5. The molecular formula is C24H34Cl2N2O6. The third kappa shape index (κ3) is 14.1. The Labute approximate surface area is 210 Å². The minimum Gasteiger partial charge on any atom is -0.543 e. The summed E-state index contributed by atoms with van der Waals surface area (Å²) in [7, 11) is 0. The number of benzene rings is 2. The van der Waals surface area contributed by atoms with Gasteiger partial charge in [0.1, 0.15) is 25.3 Å². The van der Waals surface area contributed by atoms with Crippen LogP contribution >= 0.6 is 23.2 Å². The van der Waals surface area contributed by atoms with Crippen LogP contribution in [-0.4, -0.2) is 47.3 Å². The summed E-state index contributed by atoms with van der Waals surface area (Å²) in [6, 6.07) is 15.8. The maximum absolute atomic E-state index is 9.83. The van der Waals surface area contributed by atoms with E-state index >= 15 is 0 Å². The molecule has 2 rings (SSSR count). The minimum atomic E-state index is -2.19. The van der Waals surface area contributed by atoms with Crippen molar-refractivity contribution in [2.75, 3.05) is 13.1 Å². The largest absolute Gasteiger partial charge is 0.543 e. The molecule has 0 bridgehead atoms. The van der Waals surface area contributed by atoms with Gasteiger partial charge in [-0.3, -0.25) is 0 Å². The van der Waals surface area contributed by atoms with Crippen molar-refractivity contribution in [1.82, 2.24) is 0 Å². The van der Waals surface area contributed by atoms with Gasteiger partial charge in [-0.1, -0.05) is 59.6 Å². The number of carbonyl (C=O) groups is 2. The molecule has 0 radical (unpaired) electrons. The predicted octanol–water partition coefficient (Wildman–Crippen LogP) is -0.823. The summed E-state index contributed by atoms with van der Waals surface area (Å²) in [6.07, 6.45) is -0.961. The molecule has 6 N–H and O–H groups in total. The average Bonchev–Trinajstić information content (AvgIpc) is 2.77. The number of hydrogen-bond donors (Lipinski definition) is 4. The van der Waals surface area contributed by atoms with E-state index < -0.39 is 24.1 Å². The van der Waals surface area contributed by atoms with Crippen molar-refractivity contribution in [3.8, 4) is 0 Å². The Morgan fingerprint density at radius 2 is 1.03 bits per heavy atom. The number of halogens is 2. The Morgan fingerprint density at radius 1 is 0.735 bits per heavy atom.